The lowest BCUT2D eigenvalue weighted by molar-refractivity contribution is -0.123. The van der Waals surface area contributed by atoms with Crippen LogP contribution in [-0.2, 0) is 9.59 Å². The third-order valence-electron chi connectivity index (χ3n) is 4.30. The topological polar surface area (TPSA) is 77.1 Å². The zero-order valence-electron chi connectivity index (χ0n) is 15.3. The van der Waals surface area contributed by atoms with Crippen molar-refractivity contribution in [1.29, 1.82) is 0 Å². The van der Waals surface area contributed by atoms with Crippen molar-refractivity contribution in [3.8, 4) is 17.2 Å². The molecule has 2 amide bonds. The molecule has 7 heteroatoms. The molecule has 1 heterocycles. The molecule has 1 aliphatic rings. The second-order valence-corrected chi connectivity index (χ2v) is 6.11. The second kappa shape index (κ2) is 8.44. The van der Waals surface area contributed by atoms with E-state index >= 15 is 0 Å². The molecule has 0 bridgehead atoms. The van der Waals surface area contributed by atoms with Crippen molar-refractivity contribution >= 4 is 17.5 Å². The van der Waals surface area contributed by atoms with Gasteiger partial charge < -0.3 is 24.4 Å². The molecule has 27 heavy (non-hydrogen) atoms. The summed E-state index contributed by atoms with van der Waals surface area (Å²) in [7, 11) is 3.13. The van der Waals surface area contributed by atoms with E-state index in [0.717, 1.165) is 11.4 Å². The SMILES string of the molecule is COc1ccc(N2C[C@@H](NC(=O)COc3ccccc3OC)CC2=O)cc1. The van der Waals surface area contributed by atoms with Gasteiger partial charge in [-0.15, -0.1) is 0 Å². The molecular weight excluding hydrogens is 348 g/mol. The van der Waals surface area contributed by atoms with Gasteiger partial charge in [-0.3, -0.25) is 9.59 Å². The maximum atomic E-state index is 12.3. The van der Waals surface area contributed by atoms with Crippen molar-refractivity contribution in [1.82, 2.24) is 5.32 Å². The van der Waals surface area contributed by atoms with Crippen LogP contribution in [0.4, 0.5) is 5.69 Å². The molecule has 1 N–H and O–H groups in total. The van der Waals surface area contributed by atoms with Gasteiger partial charge in [0.25, 0.3) is 5.91 Å². The average molecular weight is 370 g/mol. The minimum Gasteiger partial charge on any atom is -0.497 e. The third kappa shape index (κ3) is 4.49. The number of nitrogens with zero attached hydrogens (tertiary/aromatic N) is 1. The Balaban J connectivity index is 1.53. The predicted octanol–water partition coefficient (Wildman–Crippen LogP) is 2.00. The summed E-state index contributed by atoms with van der Waals surface area (Å²) in [6.45, 7) is 0.277. The Morgan fingerprint density at radius 3 is 2.44 bits per heavy atom. The number of methoxy groups -OCH3 is 2. The number of rotatable bonds is 7. The van der Waals surface area contributed by atoms with Crippen LogP contribution in [0.15, 0.2) is 48.5 Å². The lowest BCUT2D eigenvalue weighted by Crippen LogP contribution is -2.39. The fraction of sp³-hybridized carbons (Fsp3) is 0.300. The van der Waals surface area contributed by atoms with Gasteiger partial charge in [-0.25, -0.2) is 0 Å². The van der Waals surface area contributed by atoms with Crippen LogP contribution in [0.2, 0.25) is 0 Å². The molecule has 7 nitrogen and oxygen atoms in total. The summed E-state index contributed by atoms with van der Waals surface area (Å²) in [5.41, 5.74) is 0.780. The average Bonchev–Trinajstić information content (AvgIpc) is 3.06. The Morgan fingerprint density at radius 2 is 1.78 bits per heavy atom. The number of benzene rings is 2. The van der Waals surface area contributed by atoms with Gasteiger partial charge in [-0.2, -0.15) is 0 Å². The van der Waals surface area contributed by atoms with Crippen LogP contribution in [0.3, 0.4) is 0 Å². The molecule has 1 saturated heterocycles. The first-order chi connectivity index (χ1) is 13.1. The lowest BCUT2D eigenvalue weighted by atomic mass is 10.2. The normalized spacial score (nSPS) is 16.1. The zero-order chi connectivity index (χ0) is 19.2. The van der Waals surface area contributed by atoms with Crippen molar-refractivity contribution in [3.63, 3.8) is 0 Å². The van der Waals surface area contributed by atoms with E-state index < -0.39 is 0 Å². The van der Waals surface area contributed by atoms with Crippen molar-refractivity contribution in [2.75, 3.05) is 32.3 Å². The highest BCUT2D eigenvalue weighted by molar-refractivity contribution is 5.97. The molecule has 0 unspecified atom stereocenters. The van der Waals surface area contributed by atoms with Gasteiger partial charge in [0.15, 0.2) is 18.1 Å². The van der Waals surface area contributed by atoms with Crippen LogP contribution in [-0.4, -0.2) is 45.2 Å². The summed E-state index contributed by atoms with van der Waals surface area (Å²) in [4.78, 5) is 26.1. The molecule has 1 aliphatic heterocycles. The molecule has 142 valence electrons. The predicted molar refractivity (Wildman–Crippen MR) is 100 cm³/mol. The second-order valence-electron chi connectivity index (χ2n) is 6.11. The molecule has 0 radical (unpaired) electrons. The molecule has 2 aromatic rings. The van der Waals surface area contributed by atoms with Gasteiger partial charge in [0.1, 0.15) is 5.75 Å². The van der Waals surface area contributed by atoms with E-state index in [2.05, 4.69) is 5.32 Å². The monoisotopic (exact) mass is 370 g/mol. The fourth-order valence-corrected chi connectivity index (χ4v) is 2.97. The lowest BCUT2D eigenvalue weighted by Gasteiger charge is -2.18. The van der Waals surface area contributed by atoms with Gasteiger partial charge in [0, 0.05) is 18.7 Å². The van der Waals surface area contributed by atoms with E-state index in [9.17, 15) is 9.59 Å². The minimum absolute atomic E-state index is 0.0314. The highest BCUT2D eigenvalue weighted by Gasteiger charge is 2.31. The Kier molecular flexibility index (Phi) is 5.80. The zero-order valence-corrected chi connectivity index (χ0v) is 15.3. The van der Waals surface area contributed by atoms with Gasteiger partial charge in [0.05, 0.1) is 20.3 Å². The van der Waals surface area contributed by atoms with E-state index in [0.29, 0.717) is 18.0 Å². The maximum absolute atomic E-state index is 12.3. The Labute approximate surface area is 157 Å². The molecule has 0 saturated carbocycles. The molecular formula is C20H22N2O5. The summed E-state index contributed by atoms with van der Waals surface area (Å²) in [6, 6.07) is 14.1. The summed E-state index contributed by atoms with van der Waals surface area (Å²) in [5, 5.41) is 2.85. The fourth-order valence-electron chi connectivity index (χ4n) is 2.97. The van der Waals surface area contributed by atoms with E-state index in [1.165, 1.54) is 0 Å². The minimum atomic E-state index is -0.282. The summed E-state index contributed by atoms with van der Waals surface area (Å²) >= 11 is 0. The first-order valence-corrected chi connectivity index (χ1v) is 8.60. The first kappa shape index (κ1) is 18.6. The van der Waals surface area contributed by atoms with Crippen LogP contribution in [0.5, 0.6) is 17.2 Å². The maximum Gasteiger partial charge on any atom is 0.258 e. The molecule has 0 spiro atoms. The summed E-state index contributed by atoms with van der Waals surface area (Å²) in [6.07, 6.45) is 0.256. The number of hydrogen-bond donors (Lipinski definition) is 1. The number of anilines is 1. The first-order valence-electron chi connectivity index (χ1n) is 8.60. The van der Waals surface area contributed by atoms with E-state index in [1.54, 1.807) is 49.5 Å². The smallest absolute Gasteiger partial charge is 0.258 e. The Bertz CT molecular complexity index is 806. The standard InChI is InChI=1S/C20H22N2O5/c1-25-16-9-7-15(8-10-16)22-12-14(11-20(22)24)21-19(23)13-27-18-6-4-3-5-17(18)26-2/h3-10,14H,11-13H2,1-2H3,(H,21,23)/t14-/m0/s1. The van der Waals surface area contributed by atoms with Gasteiger partial charge in [-0.1, -0.05) is 12.1 Å². The van der Waals surface area contributed by atoms with E-state index in [1.807, 2.05) is 18.2 Å². The number of amides is 2. The largest absolute Gasteiger partial charge is 0.497 e. The molecule has 1 atom stereocenters. The quantitative estimate of drug-likeness (QED) is 0.807. The molecule has 0 aromatic heterocycles. The highest BCUT2D eigenvalue weighted by atomic mass is 16.5. The summed E-state index contributed by atoms with van der Waals surface area (Å²) in [5.74, 6) is 1.47. The van der Waals surface area contributed by atoms with Crippen molar-refractivity contribution in [2.45, 2.75) is 12.5 Å². The van der Waals surface area contributed by atoms with Gasteiger partial charge >= 0.3 is 0 Å². The van der Waals surface area contributed by atoms with E-state index in [4.69, 9.17) is 14.2 Å². The van der Waals surface area contributed by atoms with Gasteiger partial charge in [-0.05, 0) is 36.4 Å². The van der Waals surface area contributed by atoms with Crippen LogP contribution in [0.1, 0.15) is 6.42 Å². The van der Waals surface area contributed by atoms with Crippen LogP contribution < -0.4 is 24.4 Å². The molecule has 0 aliphatic carbocycles. The van der Waals surface area contributed by atoms with Crippen molar-refractivity contribution in [2.24, 2.45) is 0 Å². The summed E-state index contributed by atoms with van der Waals surface area (Å²) < 4.78 is 15.8. The number of nitrogens with one attached hydrogen (secondary N) is 1. The van der Waals surface area contributed by atoms with Gasteiger partial charge in [0.2, 0.25) is 5.91 Å². The van der Waals surface area contributed by atoms with Crippen LogP contribution in [0, 0.1) is 0 Å². The van der Waals surface area contributed by atoms with Crippen LogP contribution >= 0.6 is 0 Å². The van der Waals surface area contributed by atoms with Crippen molar-refractivity contribution in [3.05, 3.63) is 48.5 Å². The Hall–Kier alpha value is -3.22. The number of ether oxygens (including phenoxy) is 3. The third-order valence-corrected chi connectivity index (χ3v) is 4.30. The number of hydrogen-bond acceptors (Lipinski definition) is 5. The Morgan fingerprint density at radius 1 is 1.07 bits per heavy atom. The molecule has 1 fully saturated rings. The van der Waals surface area contributed by atoms with Crippen LogP contribution in [0.25, 0.3) is 0 Å². The number of carbonyl (C=O) groups is 2. The molecule has 3 rings (SSSR count). The number of carbonyl (C=O) groups excluding carboxylic acids is 2. The van der Waals surface area contributed by atoms with Crippen molar-refractivity contribution < 1.29 is 23.8 Å². The highest BCUT2D eigenvalue weighted by Crippen LogP contribution is 2.26. The number of para-hydroxylation sites is 2. The molecule has 2 aromatic carbocycles. The van der Waals surface area contributed by atoms with E-state index in [-0.39, 0.29) is 30.9 Å².